The molecule has 138 valence electrons. The molecule has 0 spiro atoms. The summed E-state index contributed by atoms with van der Waals surface area (Å²) in [6.45, 7) is 6.23. The largest absolute Gasteiger partial charge is 0.417 e. The molecule has 1 fully saturated rings. The van der Waals surface area contributed by atoms with Crippen LogP contribution in [0.3, 0.4) is 0 Å². The zero-order chi connectivity index (χ0) is 18.7. The van der Waals surface area contributed by atoms with Crippen molar-refractivity contribution >= 4 is 5.91 Å². The highest BCUT2D eigenvalue weighted by molar-refractivity contribution is 5.94. The third-order valence-electron chi connectivity index (χ3n) is 4.63. The normalized spacial score (nSPS) is 15.9. The molecule has 1 saturated heterocycles. The Morgan fingerprint density at radius 3 is 2.19 bits per heavy atom. The number of benzene rings is 1. The van der Waals surface area contributed by atoms with Gasteiger partial charge in [0.25, 0.3) is 5.91 Å². The number of piperazine rings is 1. The minimum absolute atomic E-state index is 0.0207. The van der Waals surface area contributed by atoms with E-state index in [0.717, 1.165) is 31.9 Å². The first kappa shape index (κ1) is 18.4. The molecule has 1 aliphatic heterocycles. The predicted molar refractivity (Wildman–Crippen MR) is 92.7 cm³/mol. The van der Waals surface area contributed by atoms with Gasteiger partial charge in [-0.2, -0.15) is 13.2 Å². The number of pyridine rings is 1. The van der Waals surface area contributed by atoms with Crippen molar-refractivity contribution in [2.75, 3.05) is 32.7 Å². The van der Waals surface area contributed by atoms with Crippen LogP contribution >= 0.6 is 0 Å². The van der Waals surface area contributed by atoms with Gasteiger partial charge in [0.2, 0.25) is 0 Å². The molecule has 1 aromatic heterocycles. The summed E-state index contributed by atoms with van der Waals surface area (Å²) < 4.78 is 37.8. The van der Waals surface area contributed by atoms with E-state index in [1.165, 1.54) is 6.07 Å². The molecule has 0 bridgehead atoms. The number of nitrogens with zero attached hydrogens (tertiary/aromatic N) is 3. The summed E-state index contributed by atoms with van der Waals surface area (Å²) >= 11 is 0. The van der Waals surface area contributed by atoms with Gasteiger partial charge in [0.15, 0.2) is 0 Å². The molecule has 0 atom stereocenters. The average Bonchev–Trinajstić information content (AvgIpc) is 2.67. The maximum atomic E-state index is 12.6. The van der Waals surface area contributed by atoms with E-state index in [-0.39, 0.29) is 5.91 Å². The van der Waals surface area contributed by atoms with E-state index in [0.29, 0.717) is 29.9 Å². The molecule has 1 aromatic carbocycles. The van der Waals surface area contributed by atoms with Gasteiger partial charge in [-0.05, 0) is 30.8 Å². The highest BCUT2D eigenvalue weighted by Crippen LogP contribution is 2.29. The molecule has 2 aromatic rings. The quantitative estimate of drug-likeness (QED) is 0.837. The van der Waals surface area contributed by atoms with Crippen LogP contribution in [0, 0.1) is 0 Å². The lowest BCUT2D eigenvalue weighted by Crippen LogP contribution is -2.48. The van der Waals surface area contributed by atoms with Gasteiger partial charge < -0.3 is 9.80 Å². The Kier molecular flexibility index (Phi) is 5.27. The standard InChI is InChI=1S/C19H20F3N3O/c1-2-24-9-11-25(12-10-24)18(26)15-5-3-14(4-6-15)17-8-7-16(13-23-17)19(20,21)22/h3-8,13H,2,9-12H2,1H3. The summed E-state index contributed by atoms with van der Waals surface area (Å²) in [4.78, 5) is 20.6. The molecule has 7 heteroatoms. The van der Waals surface area contributed by atoms with Crippen LogP contribution in [0.5, 0.6) is 0 Å². The smallest absolute Gasteiger partial charge is 0.336 e. The second kappa shape index (κ2) is 7.45. The average molecular weight is 363 g/mol. The Bertz CT molecular complexity index is 749. The first-order chi connectivity index (χ1) is 12.4. The summed E-state index contributed by atoms with van der Waals surface area (Å²) in [5.74, 6) is -0.0207. The number of halogens is 3. The number of likely N-dealkylation sites (N-methyl/N-ethyl adjacent to an activating group) is 1. The first-order valence-electron chi connectivity index (χ1n) is 8.54. The van der Waals surface area contributed by atoms with Gasteiger partial charge in [-0.15, -0.1) is 0 Å². The lowest BCUT2D eigenvalue weighted by atomic mass is 10.1. The van der Waals surface area contributed by atoms with Crippen molar-refractivity contribution in [1.82, 2.24) is 14.8 Å². The molecule has 0 unspecified atom stereocenters. The van der Waals surface area contributed by atoms with E-state index in [1.54, 1.807) is 24.3 Å². The van der Waals surface area contributed by atoms with Gasteiger partial charge in [-0.3, -0.25) is 9.78 Å². The highest BCUT2D eigenvalue weighted by Gasteiger charge is 2.30. The lowest BCUT2D eigenvalue weighted by molar-refractivity contribution is -0.137. The highest BCUT2D eigenvalue weighted by atomic mass is 19.4. The van der Waals surface area contributed by atoms with Crippen molar-refractivity contribution in [2.45, 2.75) is 13.1 Å². The van der Waals surface area contributed by atoms with Crippen molar-refractivity contribution < 1.29 is 18.0 Å². The van der Waals surface area contributed by atoms with E-state index in [9.17, 15) is 18.0 Å². The Hall–Kier alpha value is -2.41. The molecular formula is C19H20F3N3O. The molecule has 1 amide bonds. The summed E-state index contributed by atoms with van der Waals surface area (Å²) in [6, 6.07) is 9.17. The van der Waals surface area contributed by atoms with E-state index >= 15 is 0 Å². The van der Waals surface area contributed by atoms with Crippen molar-refractivity contribution in [3.8, 4) is 11.3 Å². The molecule has 3 rings (SSSR count). The zero-order valence-corrected chi connectivity index (χ0v) is 14.5. The van der Waals surface area contributed by atoms with Crippen LogP contribution in [0.15, 0.2) is 42.6 Å². The molecule has 0 N–H and O–H groups in total. The SMILES string of the molecule is CCN1CCN(C(=O)c2ccc(-c3ccc(C(F)(F)F)cn3)cc2)CC1. The van der Waals surface area contributed by atoms with E-state index in [1.807, 2.05) is 4.90 Å². The van der Waals surface area contributed by atoms with Gasteiger partial charge in [0, 0.05) is 43.5 Å². The van der Waals surface area contributed by atoms with Crippen LogP contribution in [0.2, 0.25) is 0 Å². The van der Waals surface area contributed by atoms with Gasteiger partial charge in [0.05, 0.1) is 11.3 Å². The zero-order valence-electron chi connectivity index (χ0n) is 14.5. The molecule has 0 aliphatic carbocycles. The number of alkyl halides is 3. The molecule has 0 saturated carbocycles. The molecular weight excluding hydrogens is 343 g/mol. The molecule has 1 aliphatic rings. The molecule has 4 nitrogen and oxygen atoms in total. The number of carbonyl (C=O) groups excluding carboxylic acids is 1. The van der Waals surface area contributed by atoms with Crippen LogP contribution < -0.4 is 0 Å². The number of carbonyl (C=O) groups is 1. The number of aromatic nitrogens is 1. The second-order valence-electron chi connectivity index (χ2n) is 6.23. The summed E-state index contributed by atoms with van der Waals surface area (Å²) in [5.41, 5.74) is 0.907. The fourth-order valence-electron chi connectivity index (χ4n) is 2.97. The number of hydrogen-bond donors (Lipinski definition) is 0. The van der Waals surface area contributed by atoms with Crippen molar-refractivity contribution in [3.63, 3.8) is 0 Å². The summed E-state index contributed by atoms with van der Waals surface area (Å²) in [6.07, 6.45) is -3.58. The fraction of sp³-hybridized carbons (Fsp3) is 0.368. The second-order valence-corrected chi connectivity index (χ2v) is 6.23. The Balaban J connectivity index is 1.69. The fourth-order valence-corrected chi connectivity index (χ4v) is 2.97. The van der Waals surface area contributed by atoms with Gasteiger partial charge >= 0.3 is 6.18 Å². The summed E-state index contributed by atoms with van der Waals surface area (Å²) in [5, 5.41) is 0. The van der Waals surface area contributed by atoms with Crippen molar-refractivity contribution in [3.05, 3.63) is 53.7 Å². The van der Waals surface area contributed by atoms with Crippen LogP contribution in [-0.4, -0.2) is 53.4 Å². The number of hydrogen-bond acceptors (Lipinski definition) is 3. The molecule has 2 heterocycles. The number of rotatable bonds is 3. The summed E-state index contributed by atoms with van der Waals surface area (Å²) in [7, 11) is 0. The van der Waals surface area contributed by atoms with Crippen LogP contribution in [0.4, 0.5) is 13.2 Å². The van der Waals surface area contributed by atoms with Gasteiger partial charge in [0.1, 0.15) is 0 Å². The Morgan fingerprint density at radius 1 is 1.04 bits per heavy atom. The van der Waals surface area contributed by atoms with Crippen molar-refractivity contribution in [1.29, 1.82) is 0 Å². The minimum atomic E-state index is -4.40. The van der Waals surface area contributed by atoms with E-state index < -0.39 is 11.7 Å². The topological polar surface area (TPSA) is 36.4 Å². The Labute approximate surface area is 150 Å². The maximum Gasteiger partial charge on any atom is 0.417 e. The van der Waals surface area contributed by atoms with Crippen LogP contribution in [-0.2, 0) is 6.18 Å². The monoisotopic (exact) mass is 363 g/mol. The third-order valence-corrected chi connectivity index (χ3v) is 4.63. The minimum Gasteiger partial charge on any atom is -0.336 e. The van der Waals surface area contributed by atoms with Crippen LogP contribution in [0.1, 0.15) is 22.8 Å². The van der Waals surface area contributed by atoms with Gasteiger partial charge in [-0.25, -0.2) is 0 Å². The molecule has 0 radical (unpaired) electrons. The first-order valence-corrected chi connectivity index (χ1v) is 8.54. The van der Waals surface area contributed by atoms with Crippen molar-refractivity contribution in [2.24, 2.45) is 0 Å². The predicted octanol–water partition coefficient (Wildman–Crippen LogP) is 3.55. The van der Waals surface area contributed by atoms with Gasteiger partial charge in [-0.1, -0.05) is 19.1 Å². The lowest BCUT2D eigenvalue weighted by Gasteiger charge is -2.34. The molecule has 26 heavy (non-hydrogen) atoms. The maximum absolute atomic E-state index is 12.6. The number of amides is 1. The van der Waals surface area contributed by atoms with E-state index in [2.05, 4.69) is 16.8 Å². The third kappa shape index (κ3) is 4.04. The van der Waals surface area contributed by atoms with Crippen LogP contribution in [0.25, 0.3) is 11.3 Å². The Morgan fingerprint density at radius 2 is 1.69 bits per heavy atom. The van der Waals surface area contributed by atoms with E-state index in [4.69, 9.17) is 0 Å².